The molecule has 2 rings (SSSR count). The average molecular weight is 252 g/mol. The second-order valence-corrected chi connectivity index (χ2v) is 4.62. The van der Waals surface area contributed by atoms with E-state index in [1.54, 1.807) is 0 Å². The monoisotopic (exact) mass is 252 g/mol. The van der Waals surface area contributed by atoms with E-state index >= 15 is 0 Å². The Bertz CT molecular complexity index is 472. The predicted octanol–water partition coefficient (Wildman–Crippen LogP) is 2.20. The summed E-state index contributed by atoms with van der Waals surface area (Å²) in [4.78, 5) is 11.7. The van der Waals surface area contributed by atoms with Crippen molar-refractivity contribution >= 4 is 28.8 Å². The van der Waals surface area contributed by atoms with E-state index in [9.17, 15) is 9.18 Å². The van der Waals surface area contributed by atoms with Crippen LogP contribution < -0.4 is 11.1 Å². The van der Waals surface area contributed by atoms with Gasteiger partial charge in [-0.05, 0) is 31.0 Å². The highest BCUT2D eigenvalue weighted by Gasteiger charge is 2.25. The highest BCUT2D eigenvalue weighted by Crippen LogP contribution is 2.27. The fourth-order valence-electron chi connectivity index (χ4n) is 1.71. The van der Waals surface area contributed by atoms with Crippen molar-refractivity contribution in [1.82, 2.24) is 0 Å². The van der Waals surface area contributed by atoms with Gasteiger partial charge in [-0.3, -0.25) is 4.79 Å². The topological polar surface area (TPSA) is 55.1 Å². The first-order valence-corrected chi connectivity index (χ1v) is 5.89. The van der Waals surface area contributed by atoms with Gasteiger partial charge in [0.25, 0.3) is 0 Å². The molecule has 0 unspecified atom stereocenters. The van der Waals surface area contributed by atoms with Crippen LogP contribution in [0.2, 0.25) is 0 Å². The van der Waals surface area contributed by atoms with Crippen molar-refractivity contribution in [3.63, 3.8) is 0 Å². The third kappa shape index (κ3) is 2.61. The van der Waals surface area contributed by atoms with E-state index in [1.165, 1.54) is 18.2 Å². The number of hydrogen-bond acceptors (Lipinski definition) is 2. The molecule has 1 aliphatic carbocycles. The number of carbonyl (C=O) groups is 1. The van der Waals surface area contributed by atoms with Crippen LogP contribution in [0.1, 0.15) is 24.8 Å². The van der Waals surface area contributed by atoms with Gasteiger partial charge in [-0.25, -0.2) is 4.39 Å². The summed E-state index contributed by atoms with van der Waals surface area (Å²) in [6.07, 6.45) is 2.95. The third-order valence-corrected chi connectivity index (χ3v) is 3.20. The molecule has 1 fully saturated rings. The number of anilines is 1. The maximum absolute atomic E-state index is 13.3. The number of rotatable bonds is 3. The van der Waals surface area contributed by atoms with Crippen molar-refractivity contribution in [3.8, 4) is 0 Å². The fraction of sp³-hybridized carbons (Fsp3) is 0.333. The molecule has 1 aliphatic rings. The van der Waals surface area contributed by atoms with Gasteiger partial charge in [-0.1, -0.05) is 18.6 Å². The number of hydrogen-bond donors (Lipinski definition) is 2. The Morgan fingerprint density at radius 1 is 1.47 bits per heavy atom. The third-order valence-electron chi connectivity index (χ3n) is 2.98. The predicted molar refractivity (Wildman–Crippen MR) is 68.3 cm³/mol. The number of halogens is 1. The van der Waals surface area contributed by atoms with Crippen LogP contribution in [0.3, 0.4) is 0 Å². The maximum atomic E-state index is 13.3. The smallest absolute Gasteiger partial charge is 0.227 e. The van der Waals surface area contributed by atoms with Crippen molar-refractivity contribution in [2.24, 2.45) is 11.7 Å². The first-order chi connectivity index (χ1) is 8.08. The number of carbonyl (C=O) groups excluding carboxylic acids is 1. The molecule has 1 amide bonds. The highest BCUT2D eigenvalue weighted by molar-refractivity contribution is 7.80. The number of benzene rings is 1. The van der Waals surface area contributed by atoms with Crippen LogP contribution in [0.15, 0.2) is 18.2 Å². The van der Waals surface area contributed by atoms with Gasteiger partial charge in [-0.2, -0.15) is 0 Å². The van der Waals surface area contributed by atoms with E-state index in [4.69, 9.17) is 18.0 Å². The molecule has 90 valence electrons. The lowest BCUT2D eigenvalue weighted by molar-refractivity contribution is -0.122. The Kier molecular flexibility index (Phi) is 3.38. The normalized spacial score (nSPS) is 15.1. The Morgan fingerprint density at radius 3 is 2.71 bits per heavy atom. The van der Waals surface area contributed by atoms with Crippen LogP contribution in [0.4, 0.5) is 10.1 Å². The first kappa shape index (κ1) is 12.0. The first-order valence-electron chi connectivity index (χ1n) is 5.48. The molecule has 0 spiro atoms. The van der Waals surface area contributed by atoms with Gasteiger partial charge in [-0.15, -0.1) is 0 Å². The van der Waals surface area contributed by atoms with Crippen molar-refractivity contribution in [1.29, 1.82) is 0 Å². The van der Waals surface area contributed by atoms with Crippen LogP contribution in [0, 0.1) is 11.7 Å². The molecular formula is C12H13FN2OS. The lowest BCUT2D eigenvalue weighted by atomic mass is 9.85. The molecule has 0 radical (unpaired) electrons. The summed E-state index contributed by atoms with van der Waals surface area (Å²) in [5, 5.41) is 2.75. The minimum absolute atomic E-state index is 0.0118. The Hall–Kier alpha value is -1.49. The zero-order valence-electron chi connectivity index (χ0n) is 9.20. The zero-order chi connectivity index (χ0) is 12.4. The number of thiocarbonyl (C=S) groups is 1. The zero-order valence-corrected chi connectivity index (χ0v) is 10.0. The summed E-state index contributed by atoms with van der Waals surface area (Å²) in [6.45, 7) is 0. The molecule has 0 saturated heterocycles. The molecule has 1 saturated carbocycles. The molecule has 0 bridgehead atoms. The average Bonchev–Trinajstić information content (AvgIpc) is 2.17. The fourth-order valence-corrected chi connectivity index (χ4v) is 1.86. The second kappa shape index (κ2) is 4.79. The molecule has 1 aromatic rings. The van der Waals surface area contributed by atoms with Crippen molar-refractivity contribution in [2.75, 3.05) is 5.32 Å². The minimum atomic E-state index is -0.473. The Labute approximate surface area is 104 Å². The van der Waals surface area contributed by atoms with Gasteiger partial charge in [0.15, 0.2) is 0 Å². The quantitative estimate of drug-likeness (QED) is 0.811. The summed E-state index contributed by atoms with van der Waals surface area (Å²) in [7, 11) is 0. The Morgan fingerprint density at radius 2 is 2.18 bits per heavy atom. The van der Waals surface area contributed by atoms with Crippen molar-refractivity contribution in [2.45, 2.75) is 19.3 Å². The van der Waals surface area contributed by atoms with E-state index in [0.29, 0.717) is 5.69 Å². The molecule has 5 heteroatoms. The van der Waals surface area contributed by atoms with Gasteiger partial charge in [0.05, 0.1) is 0 Å². The molecule has 0 atom stereocenters. The molecule has 3 nitrogen and oxygen atoms in total. The van der Waals surface area contributed by atoms with Crippen LogP contribution in [0.5, 0.6) is 0 Å². The van der Waals surface area contributed by atoms with Crippen LogP contribution in [0.25, 0.3) is 0 Å². The molecule has 17 heavy (non-hydrogen) atoms. The van der Waals surface area contributed by atoms with Crippen molar-refractivity contribution < 1.29 is 9.18 Å². The molecule has 0 aromatic heterocycles. The van der Waals surface area contributed by atoms with Gasteiger partial charge in [0.2, 0.25) is 5.91 Å². The van der Waals surface area contributed by atoms with E-state index < -0.39 is 5.82 Å². The minimum Gasteiger partial charge on any atom is -0.389 e. The van der Waals surface area contributed by atoms with Crippen LogP contribution >= 0.6 is 12.2 Å². The van der Waals surface area contributed by atoms with E-state index in [0.717, 1.165) is 19.3 Å². The lowest BCUT2D eigenvalue weighted by Crippen LogP contribution is -2.28. The molecular weight excluding hydrogens is 239 g/mol. The van der Waals surface area contributed by atoms with Crippen molar-refractivity contribution in [3.05, 3.63) is 29.6 Å². The van der Waals surface area contributed by atoms with Gasteiger partial charge in [0, 0.05) is 17.2 Å². The maximum Gasteiger partial charge on any atom is 0.227 e. The largest absolute Gasteiger partial charge is 0.389 e. The highest BCUT2D eigenvalue weighted by atomic mass is 32.1. The summed E-state index contributed by atoms with van der Waals surface area (Å²) in [5.74, 6) is -0.399. The second-order valence-electron chi connectivity index (χ2n) is 4.18. The standard InChI is InChI=1S/C12H13FN2OS/c13-10-5-4-8(6-9(10)11(14)17)15-12(16)7-2-1-3-7/h4-7H,1-3H2,(H2,14,17)(H,15,16). The SMILES string of the molecule is NC(=S)c1cc(NC(=O)C2CCC2)ccc1F. The van der Waals surface area contributed by atoms with Gasteiger partial charge < -0.3 is 11.1 Å². The van der Waals surface area contributed by atoms with E-state index in [2.05, 4.69) is 5.32 Å². The summed E-state index contributed by atoms with van der Waals surface area (Å²) >= 11 is 4.73. The molecule has 0 aliphatic heterocycles. The van der Waals surface area contributed by atoms with Crippen LogP contribution in [-0.4, -0.2) is 10.9 Å². The number of nitrogens with one attached hydrogen (secondary N) is 1. The summed E-state index contributed by atoms with van der Waals surface area (Å²) in [5.41, 5.74) is 6.08. The van der Waals surface area contributed by atoms with Gasteiger partial charge >= 0.3 is 0 Å². The number of nitrogens with two attached hydrogens (primary N) is 1. The lowest BCUT2D eigenvalue weighted by Gasteiger charge is -2.24. The summed E-state index contributed by atoms with van der Waals surface area (Å²) in [6, 6.07) is 4.23. The molecule has 3 N–H and O–H groups in total. The molecule has 1 aromatic carbocycles. The number of amides is 1. The molecule has 0 heterocycles. The Balaban J connectivity index is 2.13. The van der Waals surface area contributed by atoms with Crippen LogP contribution in [-0.2, 0) is 4.79 Å². The van der Waals surface area contributed by atoms with E-state index in [1.807, 2.05) is 0 Å². The van der Waals surface area contributed by atoms with Gasteiger partial charge in [0.1, 0.15) is 10.8 Å². The van der Waals surface area contributed by atoms with E-state index in [-0.39, 0.29) is 22.4 Å². The summed E-state index contributed by atoms with van der Waals surface area (Å²) < 4.78 is 13.3.